The SMILES string of the molecule is CC1(C(=O)O)CCCN(C(=O)c2cn[nH]c2-c2ccc(F)cc2)C1. The van der Waals surface area contributed by atoms with Gasteiger partial charge in [0.15, 0.2) is 0 Å². The molecule has 0 saturated carbocycles. The number of carboxylic acid groups (broad SMARTS) is 1. The number of hydrogen-bond acceptors (Lipinski definition) is 3. The van der Waals surface area contributed by atoms with Gasteiger partial charge in [0.1, 0.15) is 5.82 Å². The first-order valence-electron chi connectivity index (χ1n) is 7.73. The van der Waals surface area contributed by atoms with E-state index in [4.69, 9.17) is 0 Å². The van der Waals surface area contributed by atoms with Gasteiger partial charge in [-0.2, -0.15) is 5.10 Å². The Morgan fingerprint density at radius 2 is 2.04 bits per heavy atom. The highest BCUT2D eigenvalue weighted by molar-refractivity contribution is 6.00. The van der Waals surface area contributed by atoms with Crippen molar-refractivity contribution in [3.8, 4) is 11.3 Å². The van der Waals surface area contributed by atoms with Crippen molar-refractivity contribution in [1.82, 2.24) is 15.1 Å². The van der Waals surface area contributed by atoms with Gasteiger partial charge in [0, 0.05) is 18.7 Å². The lowest BCUT2D eigenvalue weighted by Gasteiger charge is -2.37. The molecule has 126 valence electrons. The number of likely N-dealkylation sites (tertiary alicyclic amines) is 1. The van der Waals surface area contributed by atoms with Crippen LogP contribution in [0.15, 0.2) is 30.5 Å². The van der Waals surface area contributed by atoms with Crippen molar-refractivity contribution in [3.05, 3.63) is 41.8 Å². The Hall–Kier alpha value is -2.70. The van der Waals surface area contributed by atoms with Crippen LogP contribution in [0, 0.1) is 11.2 Å². The Balaban J connectivity index is 1.87. The molecule has 0 aliphatic carbocycles. The molecule has 2 heterocycles. The van der Waals surface area contributed by atoms with Crippen molar-refractivity contribution in [2.45, 2.75) is 19.8 Å². The Morgan fingerprint density at radius 1 is 1.33 bits per heavy atom. The van der Waals surface area contributed by atoms with Gasteiger partial charge in [-0.15, -0.1) is 0 Å². The molecule has 0 spiro atoms. The van der Waals surface area contributed by atoms with Gasteiger partial charge in [0.2, 0.25) is 0 Å². The molecule has 0 radical (unpaired) electrons. The summed E-state index contributed by atoms with van der Waals surface area (Å²) < 4.78 is 13.1. The Labute approximate surface area is 138 Å². The van der Waals surface area contributed by atoms with E-state index in [0.29, 0.717) is 36.2 Å². The number of aromatic nitrogens is 2. The van der Waals surface area contributed by atoms with Crippen LogP contribution in [-0.2, 0) is 4.79 Å². The van der Waals surface area contributed by atoms with Gasteiger partial charge in [-0.3, -0.25) is 14.7 Å². The second-order valence-corrected chi connectivity index (χ2v) is 6.36. The van der Waals surface area contributed by atoms with Crippen LogP contribution in [0.2, 0.25) is 0 Å². The smallest absolute Gasteiger partial charge is 0.311 e. The van der Waals surface area contributed by atoms with E-state index in [-0.39, 0.29) is 18.3 Å². The number of rotatable bonds is 3. The van der Waals surface area contributed by atoms with Gasteiger partial charge in [-0.05, 0) is 44.0 Å². The van der Waals surface area contributed by atoms with Crippen LogP contribution in [0.1, 0.15) is 30.1 Å². The van der Waals surface area contributed by atoms with Crippen LogP contribution in [-0.4, -0.2) is 45.2 Å². The summed E-state index contributed by atoms with van der Waals surface area (Å²) in [5.41, 5.74) is 0.572. The number of carbonyl (C=O) groups excluding carboxylic acids is 1. The number of nitrogens with zero attached hydrogens (tertiary/aromatic N) is 2. The lowest BCUT2D eigenvalue weighted by molar-refractivity contribution is -0.150. The summed E-state index contributed by atoms with van der Waals surface area (Å²) in [7, 11) is 0. The molecule has 1 saturated heterocycles. The Kier molecular flexibility index (Phi) is 4.09. The molecule has 1 atom stereocenters. The average Bonchev–Trinajstić information content (AvgIpc) is 3.04. The minimum Gasteiger partial charge on any atom is -0.481 e. The first-order valence-corrected chi connectivity index (χ1v) is 7.73. The molecule has 7 heteroatoms. The molecule has 1 aromatic carbocycles. The molecule has 0 bridgehead atoms. The van der Waals surface area contributed by atoms with Gasteiger partial charge in [0.25, 0.3) is 5.91 Å². The third kappa shape index (κ3) is 2.89. The van der Waals surface area contributed by atoms with Crippen molar-refractivity contribution >= 4 is 11.9 Å². The molecule has 1 fully saturated rings. The van der Waals surface area contributed by atoms with Gasteiger partial charge >= 0.3 is 5.97 Å². The number of amides is 1. The predicted octanol–water partition coefficient (Wildman–Crippen LogP) is 2.54. The Morgan fingerprint density at radius 3 is 2.71 bits per heavy atom. The quantitative estimate of drug-likeness (QED) is 0.905. The van der Waals surface area contributed by atoms with Crippen LogP contribution in [0.4, 0.5) is 4.39 Å². The zero-order valence-corrected chi connectivity index (χ0v) is 13.3. The minimum atomic E-state index is -0.937. The van der Waals surface area contributed by atoms with Gasteiger partial charge in [-0.1, -0.05) is 0 Å². The van der Waals surface area contributed by atoms with Crippen molar-refractivity contribution in [3.63, 3.8) is 0 Å². The van der Waals surface area contributed by atoms with E-state index in [1.807, 2.05) is 0 Å². The van der Waals surface area contributed by atoms with Gasteiger partial charge < -0.3 is 10.0 Å². The standard InChI is InChI=1S/C17H18FN3O3/c1-17(16(23)24)7-2-8-21(10-17)15(22)13-9-19-20-14(13)11-3-5-12(18)6-4-11/h3-6,9H,2,7-8,10H2,1H3,(H,19,20)(H,23,24). The summed E-state index contributed by atoms with van der Waals surface area (Å²) >= 11 is 0. The highest BCUT2D eigenvalue weighted by Gasteiger charge is 2.40. The topological polar surface area (TPSA) is 86.3 Å². The maximum Gasteiger partial charge on any atom is 0.311 e. The third-order valence-corrected chi connectivity index (χ3v) is 4.50. The fourth-order valence-corrected chi connectivity index (χ4v) is 3.04. The van der Waals surface area contributed by atoms with Crippen molar-refractivity contribution in [2.24, 2.45) is 5.41 Å². The van der Waals surface area contributed by atoms with E-state index in [0.717, 1.165) is 0 Å². The molecule has 1 amide bonds. The maximum absolute atomic E-state index is 13.1. The molecule has 2 N–H and O–H groups in total. The number of benzene rings is 1. The molecule has 3 rings (SSSR count). The predicted molar refractivity (Wildman–Crippen MR) is 84.9 cm³/mol. The highest BCUT2D eigenvalue weighted by Crippen LogP contribution is 2.31. The summed E-state index contributed by atoms with van der Waals surface area (Å²) in [6, 6.07) is 5.76. The van der Waals surface area contributed by atoms with Crippen LogP contribution in [0.5, 0.6) is 0 Å². The number of halogens is 1. The fourth-order valence-electron chi connectivity index (χ4n) is 3.04. The molecular weight excluding hydrogens is 313 g/mol. The number of H-pyrrole nitrogens is 1. The number of nitrogens with one attached hydrogen (secondary N) is 1. The average molecular weight is 331 g/mol. The number of aromatic amines is 1. The molecule has 2 aromatic rings. The van der Waals surface area contributed by atoms with Crippen LogP contribution in [0.3, 0.4) is 0 Å². The van der Waals surface area contributed by atoms with Crippen molar-refractivity contribution < 1.29 is 19.1 Å². The van der Waals surface area contributed by atoms with Crippen LogP contribution in [0.25, 0.3) is 11.3 Å². The highest BCUT2D eigenvalue weighted by atomic mass is 19.1. The first-order chi connectivity index (χ1) is 11.4. The monoisotopic (exact) mass is 331 g/mol. The molecule has 1 aromatic heterocycles. The largest absolute Gasteiger partial charge is 0.481 e. The molecule has 1 unspecified atom stereocenters. The molecule has 24 heavy (non-hydrogen) atoms. The number of carboxylic acids is 1. The summed E-state index contributed by atoms with van der Waals surface area (Å²) in [5.74, 6) is -1.53. The van der Waals surface area contributed by atoms with Crippen LogP contribution >= 0.6 is 0 Å². The van der Waals surface area contributed by atoms with E-state index < -0.39 is 11.4 Å². The number of aliphatic carboxylic acids is 1. The Bertz CT molecular complexity index is 772. The van der Waals surface area contributed by atoms with Crippen LogP contribution < -0.4 is 0 Å². The number of hydrogen-bond donors (Lipinski definition) is 2. The van der Waals surface area contributed by atoms with E-state index in [2.05, 4.69) is 10.2 Å². The lowest BCUT2D eigenvalue weighted by Crippen LogP contribution is -2.48. The second-order valence-electron chi connectivity index (χ2n) is 6.36. The lowest BCUT2D eigenvalue weighted by atomic mass is 9.82. The van der Waals surface area contributed by atoms with Gasteiger partial charge in [0.05, 0.1) is 22.9 Å². The van der Waals surface area contributed by atoms with E-state index in [1.54, 1.807) is 24.0 Å². The van der Waals surface area contributed by atoms with Crippen molar-refractivity contribution in [1.29, 1.82) is 0 Å². The third-order valence-electron chi connectivity index (χ3n) is 4.50. The summed E-state index contributed by atoms with van der Waals surface area (Å²) in [4.78, 5) is 25.8. The van der Waals surface area contributed by atoms with Crippen molar-refractivity contribution in [2.75, 3.05) is 13.1 Å². The molecule has 1 aliphatic heterocycles. The summed E-state index contributed by atoms with van der Waals surface area (Å²) in [6.45, 7) is 2.33. The first kappa shape index (κ1) is 16.2. The number of piperidine rings is 1. The van der Waals surface area contributed by atoms with E-state index >= 15 is 0 Å². The normalized spacial score (nSPS) is 20.8. The molecular formula is C17H18FN3O3. The second kappa shape index (κ2) is 6.07. The maximum atomic E-state index is 13.1. The van der Waals surface area contributed by atoms with E-state index in [1.165, 1.54) is 18.3 Å². The summed E-state index contributed by atoms with van der Waals surface area (Å²) in [6.07, 6.45) is 2.61. The van der Waals surface area contributed by atoms with Gasteiger partial charge in [-0.25, -0.2) is 4.39 Å². The van der Waals surface area contributed by atoms with E-state index in [9.17, 15) is 19.1 Å². The number of carbonyl (C=O) groups is 2. The summed E-state index contributed by atoms with van der Waals surface area (Å²) in [5, 5.41) is 16.1. The zero-order chi connectivity index (χ0) is 17.3. The molecule has 1 aliphatic rings. The zero-order valence-electron chi connectivity index (χ0n) is 13.3. The minimum absolute atomic E-state index is 0.162. The molecule has 6 nitrogen and oxygen atoms in total. The fraction of sp³-hybridized carbons (Fsp3) is 0.353.